The van der Waals surface area contributed by atoms with Gasteiger partial charge in [-0.05, 0) is 40.9 Å². The molecule has 0 N–H and O–H groups in total. The molecule has 0 atom stereocenters. The molecule has 6 nitrogen and oxygen atoms in total. The molecule has 1 amide bonds. The van der Waals surface area contributed by atoms with Gasteiger partial charge in [-0.1, -0.05) is 11.8 Å². The van der Waals surface area contributed by atoms with Crippen molar-refractivity contribution in [1.82, 2.24) is 4.90 Å². The van der Waals surface area contributed by atoms with Crippen molar-refractivity contribution in [2.24, 2.45) is 4.99 Å². The normalized spacial score (nSPS) is 15.7. The summed E-state index contributed by atoms with van der Waals surface area (Å²) in [5.41, 5.74) is 0.332. The average molecular weight is 314 g/mol. The van der Waals surface area contributed by atoms with Gasteiger partial charge in [0, 0.05) is 0 Å². The number of carbonyl (C=O) groups excluding carboxylic acids is 2. The number of aliphatic imine (C=N–C) groups is 1. The zero-order valence-electron chi connectivity index (χ0n) is 13.3. The highest BCUT2D eigenvalue weighted by Crippen LogP contribution is 2.23. The number of hydrogen-bond donors (Lipinski definition) is 0. The van der Waals surface area contributed by atoms with Gasteiger partial charge in [-0.15, -0.1) is 0 Å². The van der Waals surface area contributed by atoms with Crippen LogP contribution in [-0.2, 0) is 14.3 Å². The molecule has 0 aromatic rings. The second-order valence-electron chi connectivity index (χ2n) is 5.45. The van der Waals surface area contributed by atoms with Crippen LogP contribution in [0.2, 0.25) is 0 Å². The van der Waals surface area contributed by atoms with E-state index in [1.165, 1.54) is 16.7 Å². The van der Waals surface area contributed by atoms with Gasteiger partial charge in [0.15, 0.2) is 5.17 Å². The van der Waals surface area contributed by atoms with Gasteiger partial charge in [-0.3, -0.25) is 4.90 Å². The average Bonchev–Trinajstić information content (AvgIpc) is 2.36. The number of carbonyl (C=O) groups is 2. The zero-order valence-corrected chi connectivity index (χ0v) is 14.2. The van der Waals surface area contributed by atoms with E-state index in [0.29, 0.717) is 16.4 Å². The largest absolute Gasteiger partial charge is 0.463 e. The Balaban J connectivity index is 3.01. The topological polar surface area (TPSA) is 68.2 Å². The molecule has 0 aromatic carbocycles. The Morgan fingerprint density at radius 1 is 1.38 bits per heavy atom. The summed E-state index contributed by atoms with van der Waals surface area (Å²) in [6.07, 6.45) is 1.30. The lowest BCUT2D eigenvalue weighted by Gasteiger charge is -2.30. The van der Waals surface area contributed by atoms with Gasteiger partial charge in [0.25, 0.3) is 0 Å². The molecule has 0 saturated carbocycles. The predicted molar refractivity (Wildman–Crippen MR) is 83.2 cm³/mol. The van der Waals surface area contributed by atoms with Crippen molar-refractivity contribution in [2.75, 3.05) is 19.4 Å². The van der Waals surface area contributed by atoms with Crippen LogP contribution >= 0.6 is 11.8 Å². The third-order valence-electron chi connectivity index (χ3n) is 2.57. The quantitative estimate of drug-likeness (QED) is 0.733. The van der Waals surface area contributed by atoms with Crippen LogP contribution in [0.15, 0.2) is 16.3 Å². The Morgan fingerprint density at radius 3 is 2.48 bits per heavy atom. The van der Waals surface area contributed by atoms with Crippen molar-refractivity contribution in [3.63, 3.8) is 0 Å². The summed E-state index contributed by atoms with van der Waals surface area (Å²) in [6, 6.07) is 0. The number of nitrogens with zero attached hydrogens (tertiary/aromatic N) is 2. The molecule has 1 aliphatic heterocycles. The first-order valence-electron chi connectivity index (χ1n) is 6.69. The zero-order chi connectivity index (χ0) is 16.2. The van der Waals surface area contributed by atoms with E-state index in [1.54, 1.807) is 34.6 Å². The SMILES string of the molecule is CCOC(=O)C1=C(C)N=C(SC)N(C(=O)OC(C)(C)C)C1. The van der Waals surface area contributed by atoms with Gasteiger partial charge in [-0.2, -0.15) is 0 Å². The Kier molecular flexibility index (Phi) is 5.83. The van der Waals surface area contributed by atoms with Crippen LogP contribution in [0.4, 0.5) is 4.79 Å². The predicted octanol–water partition coefficient (Wildman–Crippen LogP) is 2.79. The highest BCUT2D eigenvalue weighted by atomic mass is 32.2. The van der Waals surface area contributed by atoms with E-state index in [-0.39, 0.29) is 13.2 Å². The number of thioether (sulfide) groups is 1. The molecule has 0 spiro atoms. The van der Waals surface area contributed by atoms with E-state index in [9.17, 15) is 9.59 Å². The second kappa shape index (κ2) is 6.98. The minimum Gasteiger partial charge on any atom is -0.463 e. The molecular formula is C14H22N2O4S. The molecule has 0 aromatic heterocycles. The van der Waals surface area contributed by atoms with Crippen molar-refractivity contribution < 1.29 is 19.1 Å². The van der Waals surface area contributed by atoms with Crippen LogP contribution in [0.5, 0.6) is 0 Å². The van der Waals surface area contributed by atoms with Gasteiger partial charge in [0.05, 0.1) is 24.4 Å². The molecule has 0 fully saturated rings. The van der Waals surface area contributed by atoms with Crippen LogP contribution in [0, 0.1) is 0 Å². The summed E-state index contributed by atoms with van der Waals surface area (Å²) in [6.45, 7) is 9.22. The minimum atomic E-state index is -0.610. The number of rotatable bonds is 2. The lowest BCUT2D eigenvalue weighted by Crippen LogP contribution is -2.43. The molecule has 7 heteroatoms. The number of esters is 1. The summed E-state index contributed by atoms with van der Waals surface area (Å²) >= 11 is 1.33. The van der Waals surface area contributed by atoms with Crippen LogP contribution in [0.25, 0.3) is 0 Å². The van der Waals surface area contributed by atoms with Gasteiger partial charge in [0.1, 0.15) is 5.60 Å². The van der Waals surface area contributed by atoms with Crippen LogP contribution in [-0.4, -0.2) is 47.1 Å². The Morgan fingerprint density at radius 2 is 2.00 bits per heavy atom. The maximum atomic E-state index is 12.3. The Hall–Kier alpha value is -1.50. The first-order valence-corrected chi connectivity index (χ1v) is 7.92. The monoisotopic (exact) mass is 314 g/mol. The smallest absolute Gasteiger partial charge is 0.416 e. The third kappa shape index (κ3) is 4.77. The fourth-order valence-electron chi connectivity index (χ4n) is 1.66. The standard InChI is InChI=1S/C14H22N2O4S/c1-7-19-11(17)10-8-16(12(21-6)15-9(10)2)13(18)20-14(3,4)5/h7-8H2,1-6H3. The maximum Gasteiger partial charge on any atom is 0.416 e. The fraction of sp³-hybridized carbons (Fsp3) is 0.643. The summed E-state index contributed by atoms with van der Waals surface area (Å²) in [7, 11) is 0. The lowest BCUT2D eigenvalue weighted by molar-refractivity contribution is -0.138. The van der Waals surface area contributed by atoms with E-state index >= 15 is 0 Å². The highest BCUT2D eigenvalue weighted by Gasteiger charge is 2.32. The van der Waals surface area contributed by atoms with Crippen molar-refractivity contribution >= 4 is 29.0 Å². The van der Waals surface area contributed by atoms with Gasteiger partial charge in [0.2, 0.25) is 0 Å². The number of amides is 1. The van der Waals surface area contributed by atoms with Gasteiger partial charge < -0.3 is 9.47 Å². The number of hydrogen-bond acceptors (Lipinski definition) is 6. The second-order valence-corrected chi connectivity index (χ2v) is 6.22. The Labute approximate surface area is 129 Å². The summed E-state index contributed by atoms with van der Waals surface area (Å²) in [4.78, 5) is 29.8. The molecule has 21 heavy (non-hydrogen) atoms. The van der Waals surface area contributed by atoms with E-state index in [0.717, 1.165) is 0 Å². The number of ether oxygens (including phenoxy) is 2. The molecule has 0 bridgehead atoms. The third-order valence-corrected chi connectivity index (χ3v) is 3.24. The number of allylic oxidation sites excluding steroid dienone is 1. The molecule has 0 aliphatic carbocycles. The summed E-state index contributed by atoms with van der Waals surface area (Å²) < 4.78 is 10.3. The summed E-state index contributed by atoms with van der Waals surface area (Å²) in [5.74, 6) is -0.451. The van der Waals surface area contributed by atoms with E-state index in [4.69, 9.17) is 9.47 Å². The van der Waals surface area contributed by atoms with E-state index < -0.39 is 17.7 Å². The highest BCUT2D eigenvalue weighted by molar-refractivity contribution is 8.13. The van der Waals surface area contributed by atoms with Gasteiger partial charge in [-0.25, -0.2) is 14.6 Å². The van der Waals surface area contributed by atoms with Crippen molar-refractivity contribution in [3.05, 3.63) is 11.3 Å². The fourth-order valence-corrected chi connectivity index (χ4v) is 2.25. The molecule has 1 heterocycles. The first kappa shape index (κ1) is 17.6. The van der Waals surface area contributed by atoms with Crippen LogP contribution in [0.3, 0.4) is 0 Å². The minimum absolute atomic E-state index is 0.110. The van der Waals surface area contributed by atoms with Crippen molar-refractivity contribution in [1.29, 1.82) is 0 Å². The van der Waals surface area contributed by atoms with E-state index in [1.807, 2.05) is 6.26 Å². The molecule has 0 saturated heterocycles. The molecule has 1 aliphatic rings. The lowest BCUT2D eigenvalue weighted by atomic mass is 10.2. The van der Waals surface area contributed by atoms with Crippen LogP contribution < -0.4 is 0 Å². The Bertz CT molecular complexity index is 492. The molecule has 118 valence electrons. The van der Waals surface area contributed by atoms with E-state index in [2.05, 4.69) is 4.99 Å². The first-order chi connectivity index (χ1) is 9.69. The van der Waals surface area contributed by atoms with Crippen molar-refractivity contribution in [2.45, 2.75) is 40.2 Å². The molecular weight excluding hydrogens is 292 g/mol. The maximum absolute atomic E-state index is 12.3. The molecule has 0 radical (unpaired) electrons. The molecule has 0 unspecified atom stereocenters. The summed E-state index contributed by atoms with van der Waals surface area (Å²) in [5, 5.41) is 0.509. The van der Waals surface area contributed by atoms with Gasteiger partial charge >= 0.3 is 12.1 Å². The van der Waals surface area contributed by atoms with Crippen LogP contribution in [0.1, 0.15) is 34.6 Å². The molecule has 1 rings (SSSR count). The van der Waals surface area contributed by atoms with Crippen molar-refractivity contribution in [3.8, 4) is 0 Å². The number of amidine groups is 1.